The van der Waals surface area contributed by atoms with Gasteiger partial charge in [0.15, 0.2) is 0 Å². The number of carbonyl (C=O) groups excluding carboxylic acids is 1. The van der Waals surface area contributed by atoms with E-state index in [1.165, 1.54) is 21.3 Å². The van der Waals surface area contributed by atoms with Gasteiger partial charge in [0.1, 0.15) is 0 Å². The molecule has 7 nitrogen and oxygen atoms in total. The summed E-state index contributed by atoms with van der Waals surface area (Å²) < 4.78 is 27.0. The zero-order chi connectivity index (χ0) is 21.7. The van der Waals surface area contributed by atoms with Crippen molar-refractivity contribution in [3.63, 3.8) is 0 Å². The Bertz CT molecular complexity index is 955. The monoisotopic (exact) mass is 451 g/mol. The third-order valence-corrected chi connectivity index (χ3v) is 7.42. The van der Waals surface area contributed by atoms with E-state index in [0.29, 0.717) is 44.2 Å². The van der Waals surface area contributed by atoms with Crippen LogP contribution in [0, 0.1) is 0 Å². The minimum absolute atomic E-state index is 0.0312. The van der Waals surface area contributed by atoms with Crippen molar-refractivity contribution in [2.24, 2.45) is 0 Å². The quantitative estimate of drug-likeness (QED) is 0.666. The van der Waals surface area contributed by atoms with Crippen molar-refractivity contribution >= 4 is 38.9 Å². The molecule has 1 heterocycles. The van der Waals surface area contributed by atoms with Gasteiger partial charge in [-0.2, -0.15) is 4.31 Å². The standard InChI is InChI=1S/C21H27ClN4O3S/c1-24(2)19-7-5-18(6-8-19)23-21(27)11-12-25-13-15-26(16-14-25)30(28,29)20-9-3-17(22)4-10-20/h3-10H,11-16H2,1-2H3,(H,23,27)/p+1. The molecule has 0 aliphatic carbocycles. The van der Waals surface area contributed by atoms with Gasteiger partial charge in [0.25, 0.3) is 0 Å². The van der Waals surface area contributed by atoms with E-state index in [0.717, 1.165) is 11.4 Å². The summed E-state index contributed by atoms with van der Waals surface area (Å²) in [5.41, 5.74) is 1.85. The number of hydrogen-bond acceptors (Lipinski definition) is 4. The number of quaternary nitrogens is 1. The average molecular weight is 452 g/mol. The normalized spacial score (nSPS) is 15.7. The van der Waals surface area contributed by atoms with Crippen molar-refractivity contribution in [2.45, 2.75) is 11.3 Å². The highest BCUT2D eigenvalue weighted by Gasteiger charge is 2.30. The Morgan fingerprint density at radius 3 is 2.23 bits per heavy atom. The molecule has 2 N–H and O–H groups in total. The maximum atomic E-state index is 12.7. The number of carbonyl (C=O) groups is 1. The molecule has 30 heavy (non-hydrogen) atoms. The molecule has 1 saturated heterocycles. The van der Waals surface area contributed by atoms with E-state index in [1.807, 2.05) is 43.3 Å². The number of amides is 1. The minimum Gasteiger partial charge on any atom is -0.378 e. The highest BCUT2D eigenvalue weighted by molar-refractivity contribution is 7.89. The van der Waals surface area contributed by atoms with Crippen LogP contribution < -0.4 is 15.1 Å². The number of anilines is 2. The van der Waals surface area contributed by atoms with Crippen LogP contribution >= 0.6 is 11.6 Å². The van der Waals surface area contributed by atoms with Crippen LogP contribution in [0.5, 0.6) is 0 Å². The molecule has 1 fully saturated rings. The van der Waals surface area contributed by atoms with Crippen LogP contribution in [0.1, 0.15) is 6.42 Å². The van der Waals surface area contributed by atoms with E-state index in [9.17, 15) is 13.2 Å². The number of piperazine rings is 1. The van der Waals surface area contributed by atoms with Crippen molar-refractivity contribution in [2.75, 3.05) is 57.0 Å². The van der Waals surface area contributed by atoms with Crippen LogP contribution in [0.2, 0.25) is 5.02 Å². The second-order valence-corrected chi connectivity index (χ2v) is 9.97. The summed E-state index contributed by atoms with van der Waals surface area (Å²) in [5, 5.41) is 3.43. The first-order chi connectivity index (χ1) is 14.3. The number of nitrogens with zero attached hydrogens (tertiary/aromatic N) is 2. The molecule has 0 unspecified atom stereocenters. The lowest BCUT2D eigenvalue weighted by Gasteiger charge is -2.31. The Hall–Kier alpha value is -2.13. The van der Waals surface area contributed by atoms with Gasteiger partial charge in [-0.15, -0.1) is 0 Å². The number of halogens is 1. The number of hydrogen-bond donors (Lipinski definition) is 2. The summed E-state index contributed by atoms with van der Waals surface area (Å²) in [4.78, 5) is 15.8. The second-order valence-electron chi connectivity index (χ2n) is 7.60. The fourth-order valence-electron chi connectivity index (χ4n) is 3.41. The van der Waals surface area contributed by atoms with Gasteiger partial charge in [0.05, 0.1) is 44.0 Å². The molecule has 3 rings (SSSR count). The van der Waals surface area contributed by atoms with Crippen molar-refractivity contribution in [3.05, 3.63) is 53.6 Å². The van der Waals surface area contributed by atoms with Gasteiger partial charge in [-0.25, -0.2) is 8.42 Å². The van der Waals surface area contributed by atoms with Gasteiger partial charge in [0, 0.05) is 30.5 Å². The van der Waals surface area contributed by atoms with Crippen LogP contribution in [0.4, 0.5) is 11.4 Å². The van der Waals surface area contributed by atoms with E-state index in [2.05, 4.69) is 5.32 Å². The summed E-state index contributed by atoms with van der Waals surface area (Å²) in [5.74, 6) is -0.0312. The van der Waals surface area contributed by atoms with Gasteiger partial charge in [-0.05, 0) is 48.5 Å². The van der Waals surface area contributed by atoms with Gasteiger partial charge in [-0.3, -0.25) is 4.79 Å². The molecule has 0 bridgehead atoms. The van der Waals surface area contributed by atoms with Gasteiger partial charge in [-0.1, -0.05) is 11.6 Å². The zero-order valence-electron chi connectivity index (χ0n) is 17.3. The van der Waals surface area contributed by atoms with Crippen LogP contribution in [0.25, 0.3) is 0 Å². The Morgan fingerprint density at radius 1 is 1.07 bits per heavy atom. The fourth-order valence-corrected chi connectivity index (χ4v) is 4.97. The highest BCUT2D eigenvalue weighted by Crippen LogP contribution is 2.18. The molecule has 9 heteroatoms. The van der Waals surface area contributed by atoms with E-state index in [1.54, 1.807) is 12.1 Å². The van der Waals surface area contributed by atoms with Crippen LogP contribution in [-0.2, 0) is 14.8 Å². The topological polar surface area (TPSA) is 74.2 Å². The maximum Gasteiger partial charge on any atom is 0.243 e. The number of benzene rings is 2. The van der Waals surface area contributed by atoms with Crippen molar-refractivity contribution < 1.29 is 18.1 Å². The van der Waals surface area contributed by atoms with Crippen molar-refractivity contribution in [1.82, 2.24) is 4.31 Å². The zero-order valence-corrected chi connectivity index (χ0v) is 18.8. The number of nitrogens with one attached hydrogen (secondary N) is 2. The summed E-state index contributed by atoms with van der Waals surface area (Å²) in [6.45, 7) is 2.91. The molecule has 1 aliphatic heterocycles. The Balaban J connectivity index is 1.45. The molecule has 1 aliphatic rings. The van der Waals surface area contributed by atoms with E-state index < -0.39 is 10.0 Å². The summed E-state index contributed by atoms with van der Waals surface area (Å²) in [6, 6.07) is 13.9. The summed E-state index contributed by atoms with van der Waals surface area (Å²) in [7, 11) is 0.433. The number of rotatable bonds is 7. The molecule has 2 aromatic carbocycles. The third kappa shape index (κ3) is 5.72. The Kier molecular flexibility index (Phi) is 7.36. The van der Waals surface area contributed by atoms with Crippen molar-refractivity contribution in [3.8, 4) is 0 Å². The molecule has 1 amide bonds. The summed E-state index contributed by atoms with van der Waals surface area (Å²) in [6.07, 6.45) is 0.398. The van der Waals surface area contributed by atoms with Gasteiger partial charge < -0.3 is 15.1 Å². The lowest BCUT2D eigenvalue weighted by Crippen LogP contribution is -3.14. The maximum absolute atomic E-state index is 12.7. The lowest BCUT2D eigenvalue weighted by atomic mass is 10.2. The SMILES string of the molecule is CN(C)c1ccc(NC(=O)CC[NH+]2CCN(S(=O)(=O)c3ccc(Cl)cc3)CC2)cc1. The smallest absolute Gasteiger partial charge is 0.243 e. The van der Waals surface area contributed by atoms with Gasteiger partial charge >= 0.3 is 0 Å². The van der Waals surface area contributed by atoms with Crippen LogP contribution in [0.3, 0.4) is 0 Å². The van der Waals surface area contributed by atoms with Crippen LogP contribution in [-0.4, -0.2) is 65.4 Å². The summed E-state index contributed by atoms with van der Waals surface area (Å²) >= 11 is 5.85. The average Bonchev–Trinajstić information content (AvgIpc) is 2.73. The lowest BCUT2D eigenvalue weighted by molar-refractivity contribution is -0.903. The van der Waals surface area contributed by atoms with E-state index in [-0.39, 0.29) is 10.8 Å². The first-order valence-corrected chi connectivity index (χ1v) is 11.7. The molecule has 0 aromatic heterocycles. The third-order valence-electron chi connectivity index (χ3n) is 5.25. The Labute approximate surface area is 183 Å². The fraction of sp³-hybridized carbons (Fsp3) is 0.381. The van der Waals surface area contributed by atoms with Crippen LogP contribution in [0.15, 0.2) is 53.4 Å². The van der Waals surface area contributed by atoms with E-state index in [4.69, 9.17) is 11.6 Å². The molecule has 0 atom stereocenters. The molecular formula is C21H28ClN4O3S+. The van der Waals surface area contributed by atoms with Gasteiger partial charge in [0.2, 0.25) is 15.9 Å². The number of sulfonamides is 1. The molecular weight excluding hydrogens is 424 g/mol. The molecule has 0 radical (unpaired) electrons. The Morgan fingerprint density at radius 2 is 1.67 bits per heavy atom. The molecule has 162 valence electrons. The molecule has 0 spiro atoms. The first-order valence-electron chi connectivity index (χ1n) is 9.92. The largest absolute Gasteiger partial charge is 0.378 e. The predicted molar refractivity (Wildman–Crippen MR) is 120 cm³/mol. The van der Waals surface area contributed by atoms with Crippen molar-refractivity contribution in [1.29, 1.82) is 0 Å². The predicted octanol–water partition coefficient (Wildman–Crippen LogP) is 1.32. The highest BCUT2D eigenvalue weighted by atomic mass is 35.5. The minimum atomic E-state index is -3.51. The molecule has 0 saturated carbocycles. The molecule has 2 aromatic rings. The van der Waals surface area contributed by atoms with E-state index >= 15 is 0 Å². The first kappa shape index (κ1) is 22.6. The second kappa shape index (κ2) is 9.78.